The molecule has 0 aromatic carbocycles. The zero-order chi connectivity index (χ0) is 20.2. The van der Waals surface area contributed by atoms with E-state index < -0.39 is 11.4 Å². The minimum atomic E-state index is -0.534. The van der Waals surface area contributed by atoms with Gasteiger partial charge in [-0.05, 0) is 51.9 Å². The normalized spacial score (nSPS) is 37.7. The number of hydrogen-bond acceptors (Lipinski definition) is 7. The average molecular weight is 394 g/mol. The van der Waals surface area contributed by atoms with Gasteiger partial charge < -0.3 is 18.9 Å². The van der Waals surface area contributed by atoms with Crippen LogP contribution in [-0.4, -0.2) is 49.4 Å². The van der Waals surface area contributed by atoms with Crippen LogP contribution in [0.25, 0.3) is 0 Å². The van der Waals surface area contributed by atoms with E-state index in [2.05, 4.69) is 0 Å². The summed E-state index contributed by atoms with van der Waals surface area (Å²) in [5.41, 5.74) is -0.974. The van der Waals surface area contributed by atoms with Gasteiger partial charge in [0, 0.05) is 11.8 Å². The van der Waals surface area contributed by atoms with Crippen molar-refractivity contribution >= 4 is 17.9 Å². The van der Waals surface area contributed by atoms with E-state index >= 15 is 0 Å². The maximum Gasteiger partial charge on any atom is 0.332 e. The number of hydrogen-bond donors (Lipinski definition) is 0. The fourth-order valence-corrected chi connectivity index (χ4v) is 5.81. The van der Waals surface area contributed by atoms with Gasteiger partial charge in [-0.15, -0.1) is 0 Å². The minimum Gasteiger partial charge on any atom is -0.462 e. The molecule has 1 aliphatic heterocycles. The van der Waals surface area contributed by atoms with Crippen LogP contribution >= 0.6 is 0 Å². The quantitative estimate of drug-likeness (QED) is 0.355. The summed E-state index contributed by atoms with van der Waals surface area (Å²) in [5, 5.41) is 0. The van der Waals surface area contributed by atoms with Gasteiger partial charge in [-0.1, -0.05) is 6.92 Å². The predicted molar refractivity (Wildman–Crippen MR) is 97.1 cm³/mol. The Balaban J connectivity index is 1.22. The van der Waals surface area contributed by atoms with Crippen molar-refractivity contribution in [2.45, 2.75) is 71.0 Å². The maximum atomic E-state index is 12.1. The van der Waals surface area contributed by atoms with Gasteiger partial charge in [0.15, 0.2) is 0 Å². The highest BCUT2D eigenvalue weighted by molar-refractivity contribution is 5.78. The van der Waals surface area contributed by atoms with E-state index in [0.717, 1.165) is 25.7 Å². The molecular weight excluding hydrogens is 364 g/mol. The van der Waals surface area contributed by atoms with Crippen LogP contribution < -0.4 is 0 Å². The van der Waals surface area contributed by atoms with Gasteiger partial charge in [-0.2, -0.15) is 0 Å². The lowest BCUT2D eigenvalue weighted by Crippen LogP contribution is -2.39. The topological polar surface area (TPSA) is 88.1 Å². The number of fused-ring (bicyclic) bond motifs is 2. The van der Waals surface area contributed by atoms with Crippen molar-refractivity contribution in [1.82, 2.24) is 0 Å². The Hall–Kier alpha value is -1.63. The second kappa shape index (κ2) is 6.71. The fourth-order valence-electron chi connectivity index (χ4n) is 5.81. The predicted octanol–water partition coefficient (Wildman–Crippen LogP) is 2.40. The Bertz CT molecular complexity index is 686. The van der Waals surface area contributed by atoms with E-state index in [4.69, 9.17) is 18.9 Å². The van der Waals surface area contributed by atoms with Gasteiger partial charge in [0.1, 0.15) is 25.9 Å². The lowest BCUT2D eigenvalue weighted by atomic mass is 9.72. The van der Waals surface area contributed by atoms with E-state index in [9.17, 15) is 14.4 Å². The first-order valence-electron chi connectivity index (χ1n) is 10.4. The average Bonchev–Trinajstić information content (AvgIpc) is 3.16. The Morgan fingerprint density at radius 1 is 1.18 bits per heavy atom. The molecule has 1 saturated heterocycles. The van der Waals surface area contributed by atoms with Gasteiger partial charge >= 0.3 is 17.9 Å². The lowest BCUT2D eigenvalue weighted by molar-refractivity contribution is -0.165. The van der Waals surface area contributed by atoms with Crippen molar-refractivity contribution in [1.29, 1.82) is 0 Å². The summed E-state index contributed by atoms with van der Waals surface area (Å²) in [5.74, 6) is -0.289. The SMILES string of the molecule is CCC(C)(C)C(=O)OCCOC(=O)COC12CC3CC4C(=O)OC(C1)C4(C3)C2. The molecule has 4 rings (SSSR count). The highest BCUT2D eigenvalue weighted by atomic mass is 16.6. The highest BCUT2D eigenvalue weighted by Crippen LogP contribution is 2.70. The van der Waals surface area contributed by atoms with Crippen LogP contribution in [-0.2, 0) is 33.3 Å². The maximum absolute atomic E-state index is 12.1. The summed E-state index contributed by atoms with van der Waals surface area (Å²) in [7, 11) is 0. The zero-order valence-electron chi connectivity index (χ0n) is 17.0. The summed E-state index contributed by atoms with van der Waals surface area (Å²) in [6.45, 7) is 5.52. The smallest absolute Gasteiger partial charge is 0.332 e. The number of ether oxygens (including phenoxy) is 4. The first kappa shape index (κ1) is 19.7. The first-order chi connectivity index (χ1) is 13.2. The number of esters is 3. The molecule has 28 heavy (non-hydrogen) atoms. The molecule has 4 fully saturated rings. The molecule has 0 aromatic heterocycles. The standard InChI is InChI=1S/C21H30O7/c1-4-19(2,3)18(24)26-6-5-25-16(22)11-27-20-8-13-7-14-17(23)28-15(10-20)21(14,9-13)12-20/h13-15H,4-12H2,1-3H3. The molecule has 0 N–H and O–H groups in total. The largest absolute Gasteiger partial charge is 0.462 e. The highest BCUT2D eigenvalue weighted by Gasteiger charge is 2.72. The molecule has 7 heteroatoms. The van der Waals surface area contributed by atoms with Gasteiger partial charge in [0.25, 0.3) is 0 Å². The van der Waals surface area contributed by atoms with Gasteiger partial charge in [0.2, 0.25) is 0 Å². The van der Waals surface area contributed by atoms with Crippen LogP contribution in [0, 0.1) is 22.7 Å². The molecule has 7 nitrogen and oxygen atoms in total. The fraction of sp³-hybridized carbons (Fsp3) is 0.857. The Kier molecular flexibility index (Phi) is 4.72. The van der Waals surface area contributed by atoms with Crippen molar-refractivity contribution < 1.29 is 33.3 Å². The number of rotatable bonds is 8. The van der Waals surface area contributed by atoms with Gasteiger partial charge in [-0.25, -0.2) is 4.79 Å². The van der Waals surface area contributed by atoms with Crippen LogP contribution in [0.4, 0.5) is 0 Å². The van der Waals surface area contributed by atoms with Crippen molar-refractivity contribution in [2.75, 3.05) is 19.8 Å². The van der Waals surface area contributed by atoms with Crippen LogP contribution in [0.1, 0.15) is 59.3 Å². The molecule has 1 heterocycles. The molecule has 156 valence electrons. The molecule has 4 aliphatic rings. The van der Waals surface area contributed by atoms with E-state index in [-0.39, 0.29) is 54.8 Å². The minimum absolute atomic E-state index is 0.0180. The third kappa shape index (κ3) is 3.11. The Labute approximate surface area is 165 Å². The molecular formula is C21H30O7. The molecule has 0 radical (unpaired) electrons. The molecule has 0 aromatic rings. The molecule has 1 spiro atoms. The summed E-state index contributed by atoms with van der Waals surface area (Å²) in [6.07, 6.45) is 4.93. The van der Waals surface area contributed by atoms with Crippen LogP contribution in [0.2, 0.25) is 0 Å². The van der Waals surface area contributed by atoms with E-state index in [1.54, 1.807) is 0 Å². The van der Waals surface area contributed by atoms with E-state index in [1.165, 1.54) is 0 Å². The number of carbonyl (C=O) groups excluding carboxylic acids is 3. The second-order valence-electron chi connectivity index (χ2n) is 9.67. The molecule has 5 unspecified atom stereocenters. The van der Waals surface area contributed by atoms with Crippen LogP contribution in [0.15, 0.2) is 0 Å². The second-order valence-corrected chi connectivity index (χ2v) is 9.67. The van der Waals surface area contributed by atoms with Crippen molar-refractivity contribution in [3.63, 3.8) is 0 Å². The summed E-state index contributed by atoms with van der Waals surface area (Å²) in [6, 6.07) is 0. The Morgan fingerprint density at radius 2 is 1.93 bits per heavy atom. The van der Waals surface area contributed by atoms with Gasteiger partial charge in [0.05, 0.1) is 16.9 Å². The van der Waals surface area contributed by atoms with E-state index in [1.807, 2.05) is 20.8 Å². The van der Waals surface area contributed by atoms with Crippen molar-refractivity contribution in [3.8, 4) is 0 Å². The van der Waals surface area contributed by atoms with E-state index in [0.29, 0.717) is 18.8 Å². The summed E-state index contributed by atoms with van der Waals surface area (Å²) in [4.78, 5) is 36.1. The molecule has 5 atom stereocenters. The van der Waals surface area contributed by atoms with Gasteiger partial charge in [-0.3, -0.25) is 9.59 Å². The third-order valence-corrected chi connectivity index (χ3v) is 7.50. The van der Waals surface area contributed by atoms with Crippen LogP contribution in [0.5, 0.6) is 0 Å². The molecule has 3 saturated carbocycles. The number of carbonyl (C=O) groups is 3. The summed E-state index contributed by atoms with van der Waals surface area (Å²) >= 11 is 0. The molecule has 3 bridgehead atoms. The summed E-state index contributed by atoms with van der Waals surface area (Å²) < 4.78 is 22.0. The lowest BCUT2D eigenvalue weighted by Gasteiger charge is -2.37. The van der Waals surface area contributed by atoms with Crippen molar-refractivity contribution in [3.05, 3.63) is 0 Å². The zero-order valence-corrected chi connectivity index (χ0v) is 17.0. The van der Waals surface area contributed by atoms with Crippen LogP contribution in [0.3, 0.4) is 0 Å². The monoisotopic (exact) mass is 394 g/mol. The Morgan fingerprint density at radius 3 is 2.68 bits per heavy atom. The molecule has 3 aliphatic carbocycles. The van der Waals surface area contributed by atoms with Crippen molar-refractivity contribution in [2.24, 2.45) is 22.7 Å². The first-order valence-corrected chi connectivity index (χ1v) is 10.4. The third-order valence-electron chi connectivity index (χ3n) is 7.50. The molecule has 0 amide bonds.